The van der Waals surface area contributed by atoms with Gasteiger partial charge in [-0.15, -0.1) is 0 Å². The molecule has 1 aromatic carbocycles. The summed E-state index contributed by atoms with van der Waals surface area (Å²) in [6.45, 7) is 4.02. The molecule has 6 nitrogen and oxygen atoms in total. The zero-order valence-electron chi connectivity index (χ0n) is 12.2. The fourth-order valence-electron chi connectivity index (χ4n) is 2.21. The van der Waals surface area contributed by atoms with Crippen molar-refractivity contribution in [3.63, 3.8) is 0 Å². The lowest BCUT2D eigenvalue weighted by molar-refractivity contribution is 0.0906. The van der Waals surface area contributed by atoms with Crippen molar-refractivity contribution in [1.82, 2.24) is 15.1 Å². The second-order valence-electron chi connectivity index (χ2n) is 4.78. The molecule has 0 aliphatic rings. The van der Waals surface area contributed by atoms with Gasteiger partial charge in [0.2, 0.25) is 0 Å². The van der Waals surface area contributed by atoms with Gasteiger partial charge in [0, 0.05) is 6.54 Å². The minimum atomic E-state index is -0.474. The van der Waals surface area contributed by atoms with E-state index in [1.165, 1.54) is 0 Å². The number of nitrogens with two attached hydrogens (primary N) is 1. The molecule has 4 N–H and O–H groups in total. The highest BCUT2D eigenvalue weighted by Crippen LogP contribution is 2.18. The molecule has 1 atom stereocenters. The van der Waals surface area contributed by atoms with Crippen molar-refractivity contribution >= 4 is 11.6 Å². The summed E-state index contributed by atoms with van der Waals surface area (Å²) in [5.41, 5.74) is 8.11. The molecule has 0 bridgehead atoms. The number of nitrogen functional groups attached to an aromatic ring is 1. The summed E-state index contributed by atoms with van der Waals surface area (Å²) in [7, 11) is 0. The third-order valence-corrected chi connectivity index (χ3v) is 3.38. The first-order valence-electron chi connectivity index (χ1n) is 6.88. The van der Waals surface area contributed by atoms with E-state index in [1.54, 1.807) is 11.6 Å². The van der Waals surface area contributed by atoms with E-state index in [4.69, 9.17) is 5.73 Å². The summed E-state index contributed by atoms with van der Waals surface area (Å²) in [5, 5.41) is 16.5. The topological polar surface area (TPSA) is 93.2 Å². The third-order valence-electron chi connectivity index (χ3n) is 3.38. The number of nitrogens with zero attached hydrogens (tertiary/aromatic N) is 2. The van der Waals surface area contributed by atoms with Gasteiger partial charge >= 0.3 is 0 Å². The van der Waals surface area contributed by atoms with E-state index >= 15 is 0 Å². The lowest BCUT2D eigenvalue weighted by Gasteiger charge is -2.17. The Kier molecular flexibility index (Phi) is 4.59. The largest absolute Gasteiger partial charge is 0.395 e. The molecule has 0 aliphatic carbocycles. The van der Waals surface area contributed by atoms with Crippen molar-refractivity contribution in [2.45, 2.75) is 26.4 Å². The Morgan fingerprint density at radius 1 is 1.43 bits per heavy atom. The van der Waals surface area contributed by atoms with E-state index in [0.29, 0.717) is 23.6 Å². The van der Waals surface area contributed by atoms with E-state index in [9.17, 15) is 9.90 Å². The van der Waals surface area contributed by atoms with Crippen LogP contribution in [-0.2, 0) is 6.54 Å². The second kappa shape index (κ2) is 6.41. The molecular formula is C15H20N4O2. The first-order chi connectivity index (χ1) is 10.1. The SMILES string of the molecule is CCn1nc(C)c(N)c1C(=O)N[C@H](CO)c1ccccc1. The van der Waals surface area contributed by atoms with E-state index in [1.807, 2.05) is 37.3 Å². The Hall–Kier alpha value is -2.34. The van der Waals surface area contributed by atoms with E-state index < -0.39 is 6.04 Å². The highest BCUT2D eigenvalue weighted by atomic mass is 16.3. The van der Waals surface area contributed by atoms with Gasteiger partial charge in [-0.05, 0) is 19.4 Å². The Morgan fingerprint density at radius 2 is 2.10 bits per heavy atom. The number of aryl methyl sites for hydroxylation is 2. The van der Waals surface area contributed by atoms with Crippen LogP contribution in [0.1, 0.15) is 34.7 Å². The second-order valence-corrected chi connectivity index (χ2v) is 4.78. The van der Waals surface area contributed by atoms with Gasteiger partial charge in [0.1, 0.15) is 5.69 Å². The monoisotopic (exact) mass is 288 g/mol. The third kappa shape index (κ3) is 3.05. The molecule has 6 heteroatoms. The highest BCUT2D eigenvalue weighted by Gasteiger charge is 2.22. The first-order valence-corrected chi connectivity index (χ1v) is 6.88. The zero-order valence-corrected chi connectivity index (χ0v) is 12.2. The minimum Gasteiger partial charge on any atom is -0.395 e. The number of nitrogens with one attached hydrogen (secondary N) is 1. The summed E-state index contributed by atoms with van der Waals surface area (Å²) in [4.78, 5) is 12.4. The highest BCUT2D eigenvalue weighted by molar-refractivity contribution is 5.98. The normalized spacial score (nSPS) is 12.1. The predicted octanol–water partition coefficient (Wildman–Crippen LogP) is 1.26. The van der Waals surface area contributed by atoms with Crippen LogP contribution in [0.2, 0.25) is 0 Å². The van der Waals surface area contributed by atoms with Gasteiger partial charge in [0.25, 0.3) is 5.91 Å². The molecular weight excluding hydrogens is 268 g/mol. The smallest absolute Gasteiger partial charge is 0.272 e. The Bertz CT molecular complexity index is 622. The number of rotatable bonds is 5. The summed E-state index contributed by atoms with van der Waals surface area (Å²) in [6, 6.07) is 8.84. The van der Waals surface area contributed by atoms with E-state index in [0.717, 1.165) is 5.56 Å². The van der Waals surface area contributed by atoms with Crippen LogP contribution in [0, 0.1) is 6.92 Å². The lowest BCUT2D eigenvalue weighted by Crippen LogP contribution is -2.32. The summed E-state index contributed by atoms with van der Waals surface area (Å²) in [5.74, 6) is -0.335. The average Bonchev–Trinajstić information content (AvgIpc) is 2.80. The van der Waals surface area contributed by atoms with Crippen LogP contribution >= 0.6 is 0 Å². The number of aliphatic hydroxyl groups is 1. The zero-order chi connectivity index (χ0) is 15.4. The fraction of sp³-hybridized carbons (Fsp3) is 0.333. The molecule has 0 radical (unpaired) electrons. The molecule has 0 aliphatic heterocycles. The molecule has 0 unspecified atom stereocenters. The van der Waals surface area contributed by atoms with Crippen LogP contribution in [0.4, 0.5) is 5.69 Å². The van der Waals surface area contributed by atoms with Crippen LogP contribution in [0.15, 0.2) is 30.3 Å². The van der Waals surface area contributed by atoms with Crippen LogP contribution in [-0.4, -0.2) is 27.4 Å². The standard InChI is InChI=1S/C15H20N4O2/c1-3-19-14(13(16)10(2)18-19)15(21)17-12(9-20)11-7-5-4-6-8-11/h4-8,12,20H,3,9,16H2,1-2H3,(H,17,21)/t12-/m1/s1. The predicted molar refractivity (Wildman–Crippen MR) is 80.8 cm³/mol. The number of amides is 1. The lowest BCUT2D eigenvalue weighted by atomic mass is 10.1. The van der Waals surface area contributed by atoms with Crippen molar-refractivity contribution in [2.24, 2.45) is 0 Å². The van der Waals surface area contributed by atoms with Crippen LogP contribution < -0.4 is 11.1 Å². The maximum absolute atomic E-state index is 12.4. The maximum atomic E-state index is 12.4. The average molecular weight is 288 g/mol. The van der Waals surface area contributed by atoms with E-state index in [-0.39, 0.29) is 12.5 Å². The fourth-order valence-corrected chi connectivity index (χ4v) is 2.21. The molecule has 2 aromatic rings. The van der Waals surface area contributed by atoms with Crippen LogP contribution in [0.25, 0.3) is 0 Å². The number of aromatic nitrogens is 2. The van der Waals surface area contributed by atoms with Crippen molar-refractivity contribution in [3.05, 3.63) is 47.3 Å². The molecule has 1 heterocycles. The van der Waals surface area contributed by atoms with Crippen molar-refractivity contribution < 1.29 is 9.90 Å². The van der Waals surface area contributed by atoms with Crippen molar-refractivity contribution in [1.29, 1.82) is 0 Å². The molecule has 1 aromatic heterocycles. The molecule has 0 saturated heterocycles. The van der Waals surface area contributed by atoms with Gasteiger partial charge in [0.05, 0.1) is 24.0 Å². The summed E-state index contributed by atoms with van der Waals surface area (Å²) in [6.07, 6.45) is 0. The number of carbonyl (C=O) groups is 1. The van der Waals surface area contributed by atoms with Crippen molar-refractivity contribution in [2.75, 3.05) is 12.3 Å². The van der Waals surface area contributed by atoms with Crippen molar-refractivity contribution in [3.8, 4) is 0 Å². The number of hydrogen-bond acceptors (Lipinski definition) is 4. The van der Waals surface area contributed by atoms with E-state index in [2.05, 4.69) is 10.4 Å². The number of anilines is 1. The number of benzene rings is 1. The van der Waals surface area contributed by atoms with Gasteiger partial charge in [-0.1, -0.05) is 30.3 Å². The molecule has 0 saturated carbocycles. The maximum Gasteiger partial charge on any atom is 0.272 e. The number of aliphatic hydroxyl groups excluding tert-OH is 1. The molecule has 0 spiro atoms. The number of carbonyl (C=O) groups excluding carboxylic acids is 1. The molecule has 21 heavy (non-hydrogen) atoms. The quantitative estimate of drug-likeness (QED) is 0.772. The minimum absolute atomic E-state index is 0.186. The Labute approximate surface area is 123 Å². The summed E-state index contributed by atoms with van der Waals surface area (Å²) < 4.78 is 1.57. The Morgan fingerprint density at radius 3 is 2.67 bits per heavy atom. The van der Waals surface area contributed by atoms with Crippen LogP contribution in [0.3, 0.4) is 0 Å². The Balaban J connectivity index is 2.25. The first kappa shape index (κ1) is 15.1. The van der Waals surface area contributed by atoms with Gasteiger partial charge in [0.15, 0.2) is 0 Å². The van der Waals surface area contributed by atoms with Gasteiger partial charge in [-0.3, -0.25) is 9.48 Å². The molecule has 1 amide bonds. The molecule has 2 rings (SSSR count). The van der Waals surface area contributed by atoms with Gasteiger partial charge in [-0.25, -0.2) is 0 Å². The molecule has 112 valence electrons. The number of hydrogen-bond donors (Lipinski definition) is 3. The van der Waals surface area contributed by atoms with Crippen LogP contribution in [0.5, 0.6) is 0 Å². The van der Waals surface area contributed by atoms with Gasteiger partial charge < -0.3 is 16.2 Å². The van der Waals surface area contributed by atoms with Gasteiger partial charge in [-0.2, -0.15) is 5.10 Å². The molecule has 0 fully saturated rings. The summed E-state index contributed by atoms with van der Waals surface area (Å²) >= 11 is 0.